The summed E-state index contributed by atoms with van der Waals surface area (Å²) < 4.78 is 5.17. The van der Waals surface area contributed by atoms with Crippen molar-refractivity contribution < 1.29 is 14.6 Å². The molecule has 15 heavy (non-hydrogen) atoms. The molecule has 1 fully saturated rings. The Morgan fingerprint density at radius 1 is 1.47 bits per heavy atom. The van der Waals surface area contributed by atoms with Crippen LogP contribution in [0.4, 0.5) is 0 Å². The molecule has 0 aromatic rings. The first-order valence-corrected chi connectivity index (χ1v) is 5.24. The molecule has 1 aliphatic rings. The summed E-state index contributed by atoms with van der Waals surface area (Å²) in [4.78, 5) is 10.9. The van der Waals surface area contributed by atoms with Crippen LogP contribution in [0.3, 0.4) is 0 Å². The Kier molecular flexibility index (Phi) is 2.97. The van der Waals surface area contributed by atoms with Gasteiger partial charge < -0.3 is 9.84 Å². The quantitative estimate of drug-likeness (QED) is 0.534. The Bertz CT molecular complexity index is 269. The van der Waals surface area contributed by atoms with Gasteiger partial charge in [-0.25, -0.2) is 0 Å². The van der Waals surface area contributed by atoms with Gasteiger partial charge in [-0.3, -0.25) is 4.79 Å². The fourth-order valence-corrected chi connectivity index (χ4v) is 2.38. The van der Waals surface area contributed by atoms with Crippen molar-refractivity contribution >= 4 is 5.97 Å². The van der Waals surface area contributed by atoms with Crippen LogP contribution in [0.2, 0.25) is 0 Å². The van der Waals surface area contributed by atoms with Crippen LogP contribution in [0.5, 0.6) is 0 Å². The van der Waals surface area contributed by atoms with E-state index in [1.807, 2.05) is 13.8 Å². The minimum Gasteiger partial charge on any atom is -0.462 e. The molecule has 0 aliphatic heterocycles. The van der Waals surface area contributed by atoms with E-state index < -0.39 is 5.60 Å². The van der Waals surface area contributed by atoms with Crippen molar-refractivity contribution in [3.05, 3.63) is 12.2 Å². The van der Waals surface area contributed by atoms with Crippen molar-refractivity contribution in [3.8, 4) is 0 Å². The maximum absolute atomic E-state index is 10.9. The number of aliphatic hydroxyl groups is 1. The number of carbonyl (C=O) groups excluding carboxylic acids is 1. The highest BCUT2D eigenvalue weighted by Crippen LogP contribution is 2.45. The Morgan fingerprint density at radius 2 is 2.00 bits per heavy atom. The molecule has 0 spiro atoms. The van der Waals surface area contributed by atoms with Gasteiger partial charge in [0.25, 0.3) is 0 Å². The van der Waals surface area contributed by atoms with Crippen LogP contribution < -0.4 is 0 Å². The molecular weight excluding hydrogens is 192 g/mol. The molecule has 0 heterocycles. The lowest BCUT2D eigenvalue weighted by Crippen LogP contribution is -2.46. The molecule has 0 aromatic heterocycles. The van der Waals surface area contributed by atoms with E-state index in [0.29, 0.717) is 6.42 Å². The van der Waals surface area contributed by atoms with Gasteiger partial charge in [0.15, 0.2) is 0 Å². The maximum Gasteiger partial charge on any atom is 0.302 e. The molecule has 1 N–H and O–H groups in total. The van der Waals surface area contributed by atoms with Gasteiger partial charge in [-0.05, 0) is 24.3 Å². The third kappa shape index (κ3) is 2.59. The zero-order valence-electron chi connectivity index (χ0n) is 9.96. The molecule has 0 saturated heterocycles. The highest BCUT2D eigenvalue weighted by molar-refractivity contribution is 5.66. The molecule has 86 valence electrons. The molecule has 2 atom stereocenters. The average molecular weight is 212 g/mol. The topological polar surface area (TPSA) is 46.5 Å². The second-order valence-corrected chi connectivity index (χ2v) is 5.28. The lowest BCUT2D eigenvalue weighted by molar-refractivity contribution is -0.152. The van der Waals surface area contributed by atoms with E-state index >= 15 is 0 Å². The van der Waals surface area contributed by atoms with Crippen molar-refractivity contribution in [1.82, 2.24) is 0 Å². The van der Waals surface area contributed by atoms with Gasteiger partial charge in [0.05, 0.1) is 5.60 Å². The van der Waals surface area contributed by atoms with Crippen LogP contribution >= 0.6 is 0 Å². The fourth-order valence-electron chi connectivity index (χ4n) is 2.38. The van der Waals surface area contributed by atoms with Gasteiger partial charge >= 0.3 is 5.97 Å². The summed E-state index contributed by atoms with van der Waals surface area (Å²) in [5.74, 6) is -0.292. The molecule has 0 radical (unpaired) electrons. The average Bonchev–Trinajstić information content (AvgIpc) is 1.97. The standard InChI is InChI=1S/C12H20O3/c1-8-11(3,4)6-10(15-9(2)13)7-12(8,5)14/h10,14H,1,6-7H2,2-5H3/t10-,12+/m0/s1. The van der Waals surface area contributed by atoms with Crippen molar-refractivity contribution in [2.75, 3.05) is 0 Å². The molecule has 0 aromatic carbocycles. The minimum atomic E-state index is -0.943. The van der Waals surface area contributed by atoms with E-state index in [0.717, 1.165) is 12.0 Å². The van der Waals surface area contributed by atoms with E-state index in [-0.39, 0.29) is 17.5 Å². The molecule has 3 nitrogen and oxygen atoms in total. The Balaban J connectivity index is 2.84. The Morgan fingerprint density at radius 3 is 2.40 bits per heavy atom. The summed E-state index contributed by atoms with van der Waals surface area (Å²) in [6, 6.07) is 0. The zero-order chi connectivity index (χ0) is 11.9. The molecule has 3 heteroatoms. The van der Waals surface area contributed by atoms with Crippen LogP contribution in [0.15, 0.2) is 12.2 Å². The number of rotatable bonds is 1. The Labute approximate surface area is 91.1 Å². The van der Waals surface area contributed by atoms with Crippen LogP contribution in [0, 0.1) is 5.41 Å². The largest absolute Gasteiger partial charge is 0.462 e. The van der Waals surface area contributed by atoms with Crippen LogP contribution in [-0.2, 0) is 9.53 Å². The Hall–Kier alpha value is -0.830. The summed E-state index contributed by atoms with van der Waals surface area (Å²) in [5.41, 5.74) is -0.317. The van der Waals surface area contributed by atoms with Gasteiger partial charge in [0, 0.05) is 13.3 Å². The predicted octanol–water partition coefficient (Wildman–Crippen LogP) is 2.05. The van der Waals surface area contributed by atoms with Gasteiger partial charge in [-0.15, -0.1) is 0 Å². The molecule has 0 bridgehead atoms. The predicted molar refractivity (Wildman–Crippen MR) is 58.3 cm³/mol. The summed E-state index contributed by atoms with van der Waals surface area (Å²) in [6.07, 6.45) is 0.953. The molecule has 1 aliphatic carbocycles. The lowest BCUT2D eigenvalue weighted by atomic mass is 9.66. The van der Waals surface area contributed by atoms with Crippen LogP contribution in [-0.4, -0.2) is 22.8 Å². The monoisotopic (exact) mass is 212 g/mol. The van der Waals surface area contributed by atoms with Gasteiger partial charge in [-0.2, -0.15) is 0 Å². The summed E-state index contributed by atoms with van der Waals surface area (Å²) in [6.45, 7) is 11.1. The van der Waals surface area contributed by atoms with Gasteiger partial charge in [0.1, 0.15) is 6.10 Å². The SMILES string of the molecule is C=C1C(C)(C)C[C@H](OC(C)=O)C[C@@]1(C)O. The van der Waals surface area contributed by atoms with Crippen LogP contribution in [0.1, 0.15) is 40.5 Å². The van der Waals surface area contributed by atoms with Crippen molar-refractivity contribution in [2.45, 2.75) is 52.2 Å². The zero-order valence-corrected chi connectivity index (χ0v) is 9.96. The van der Waals surface area contributed by atoms with Crippen molar-refractivity contribution in [2.24, 2.45) is 5.41 Å². The number of carbonyl (C=O) groups is 1. The van der Waals surface area contributed by atoms with Gasteiger partial charge in [0.2, 0.25) is 0 Å². The number of ether oxygens (including phenoxy) is 1. The molecule has 1 rings (SSSR count). The highest BCUT2D eigenvalue weighted by atomic mass is 16.5. The van der Waals surface area contributed by atoms with Gasteiger partial charge in [-0.1, -0.05) is 20.4 Å². The first-order chi connectivity index (χ1) is 6.65. The first-order valence-electron chi connectivity index (χ1n) is 5.24. The summed E-state index contributed by atoms with van der Waals surface area (Å²) in [7, 11) is 0. The van der Waals surface area contributed by atoms with E-state index in [4.69, 9.17) is 4.74 Å². The smallest absolute Gasteiger partial charge is 0.302 e. The minimum absolute atomic E-state index is 0.193. The van der Waals surface area contributed by atoms with Crippen molar-refractivity contribution in [3.63, 3.8) is 0 Å². The van der Waals surface area contributed by atoms with Crippen LogP contribution in [0.25, 0.3) is 0 Å². The van der Waals surface area contributed by atoms with E-state index in [1.54, 1.807) is 6.92 Å². The second kappa shape index (κ2) is 3.63. The van der Waals surface area contributed by atoms with E-state index in [1.165, 1.54) is 6.92 Å². The molecule has 0 amide bonds. The van der Waals surface area contributed by atoms with Crippen molar-refractivity contribution in [1.29, 1.82) is 0 Å². The number of hydrogen-bond donors (Lipinski definition) is 1. The molecule has 1 saturated carbocycles. The summed E-state index contributed by atoms with van der Waals surface area (Å²) in [5, 5.41) is 10.2. The highest BCUT2D eigenvalue weighted by Gasteiger charge is 2.44. The molecule has 0 unspecified atom stereocenters. The fraction of sp³-hybridized carbons (Fsp3) is 0.750. The number of esters is 1. The third-order valence-corrected chi connectivity index (χ3v) is 3.16. The maximum atomic E-state index is 10.9. The second-order valence-electron chi connectivity index (χ2n) is 5.28. The van der Waals surface area contributed by atoms with E-state index in [2.05, 4.69) is 6.58 Å². The number of hydrogen-bond acceptors (Lipinski definition) is 3. The van der Waals surface area contributed by atoms with E-state index in [9.17, 15) is 9.90 Å². The first kappa shape index (κ1) is 12.2. The molecular formula is C12H20O3. The normalized spacial score (nSPS) is 35.0. The summed E-state index contributed by atoms with van der Waals surface area (Å²) >= 11 is 0. The third-order valence-electron chi connectivity index (χ3n) is 3.16. The lowest BCUT2D eigenvalue weighted by Gasteiger charge is -2.45.